The predicted octanol–water partition coefficient (Wildman–Crippen LogP) is 2.98. The molecule has 2 aromatic rings. The molecule has 2 atom stereocenters. The summed E-state index contributed by atoms with van der Waals surface area (Å²) in [5.41, 5.74) is 8.27. The van der Waals surface area contributed by atoms with Gasteiger partial charge in [-0.3, -0.25) is 0 Å². The number of rotatable bonds is 1. The van der Waals surface area contributed by atoms with Crippen LogP contribution >= 0.6 is 11.3 Å². The van der Waals surface area contributed by atoms with Crippen molar-refractivity contribution in [1.29, 1.82) is 0 Å². The largest absolute Gasteiger partial charge is 0.324 e. The van der Waals surface area contributed by atoms with E-state index in [2.05, 4.69) is 42.3 Å². The lowest BCUT2D eigenvalue weighted by molar-refractivity contribution is 0.708. The molecule has 16 heavy (non-hydrogen) atoms. The molecule has 1 aliphatic carbocycles. The van der Waals surface area contributed by atoms with E-state index in [1.165, 1.54) is 15.3 Å². The van der Waals surface area contributed by atoms with E-state index < -0.39 is 0 Å². The fourth-order valence-electron chi connectivity index (χ4n) is 2.12. The maximum atomic E-state index is 5.87. The van der Waals surface area contributed by atoms with Crippen LogP contribution in [0.1, 0.15) is 22.9 Å². The van der Waals surface area contributed by atoms with Crippen LogP contribution in [-0.2, 0) is 0 Å². The zero-order chi connectivity index (χ0) is 11.1. The van der Waals surface area contributed by atoms with Gasteiger partial charge in [0.1, 0.15) is 5.01 Å². The number of hydrogen-bond donors (Lipinski definition) is 1. The summed E-state index contributed by atoms with van der Waals surface area (Å²) in [5, 5.41) is 1.20. The number of allylic oxidation sites excluding steroid dienone is 1. The molecule has 1 aliphatic rings. The molecule has 0 bridgehead atoms. The minimum Gasteiger partial charge on any atom is -0.324 e. The van der Waals surface area contributed by atoms with Gasteiger partial charge in [0.15, 0.2) is 0 Å². The Bertz CT molecular complexity index is 556. The van der Waals surface area contributed by atoms with Crippen molar-refractivity contribution in [2.24, 2.45) is 5.73 Å². The van der Waals surface area contributed by atoms with Crippen LogP contribution < -0.4 is 5.73 Å². The Morgan fingerprint density at radius 1 is 1.38 bits per heavy atom. The SMILES string of the molecule is Cc1ccc2nc(C3C=CC(N)C3)sc2c1. The molecule has 0 spiro atoms. The predicted molar refractivity (Wildman–Crippen MR) is 68.8 cm³/mol. The van der Waals surface area contributed by atoms with Crippen molar-refractivity contribution in [2.45, 2.75) is 25.3 Å². The smallest absolute Gasteiger partial charge is 0.101 e. The Hall–Kier alpha value is -1.19. The standard InChI is InChI=1S/C13H14N2S/c1-8-2-5-11-12(6-8)16-13(15-11)9-3-4-10(14)7-9/h2-6,9-10H,7,14H2,1H3. The van der Waals surface area contributed by atoms with E-state index in [9.17, 15) is 0 Å². The molecule has 2 unspecified atom stereocenters. The first-order chi connectivity index (χ1) is 7.72. The average Bonchev–Trinajstić information content (AvgIpc) is 2.83. The molecule has 1 heterocycles. The average molecular weight is 230 g/mol. The Labute approximate surface area is 98.8 Å². The Morgan fingerprint density at radius 2 is 2.25 bits per heavy atom. The van der Waals surface area contributed by atoms with Crippen molar-refractivity contribution in [3.05, 3.63) is 40.9 Å². The van der Waals surface area contributed by atoms with Gasteiger partial charge in [-0.1, -0.05) is 18.2 Å². The minimum atomic E-state index is 0.207. The first-order valence-corrected chi connectivity index (χ1v) is 6.35. The van der Waals surface area contributed by atoms with E-state index in [4.69, 9.17) is 5.73 Å². The topological polar surface area (TPSA) is 38.9 Å². The van der Waals surface area contributed by atoms with Gasteiger partial charge in [0.25, 0.3) is 0 Å². The molecule has 0 aliphatic heterocycles. The number of aryl methyl sites for hydroxylation is 1. The van der Waals surface area contributed by atoms with Crippen LogP contribution in [-0.4, -0.2) is 11.0 Å². The fourth-order valence-corrected chi connectivity index (χ4v) is 3.28. The second-order valence-electron chi connectivity index (χ2n) is 4.41. The van der Waals surface area contributed by atoms with Crippen LogP contribution in [0.25, 0.3) is 10.2 Å². The molecule has 3 rings (SSSR count). The molecule has 0 fully saturated rings. The molecule has 0 saturated carbocycles. The molecule has 1 aromatic carbocycles. The van der Waals surface area contributed by atoms with E-state index in [0.717, 1.165) is 11.9 Å². The van der Waals surface area contributed by atoms with Gasteiger partial charge in [0, 0.05) is 12.0 Å². The summed E-state index contributed by atoms with van der Waals surface area (Å²) in [6, 6.07) is 6.62. The van der Waals surface area contributed by atoms with E-state index in [0.29, 0.717) is 5.92 Å². The number of hydrogen-bond acceptors (Lipinski definition) is 3. The molecule has 2 N–H and O–H groups in total. The summed E-state index contributed by atoms with van der Waals surface area (Å²) >= 11 is 1.79. The molecule has 3 heteroatoms. The lowest BCUT2D eigenvalue weighted by Crippen LogP contribution is -2.14. The fraction of sp³-hybridized carbons (Fsp3) is 0.308. The van der Waals surface area contributed by atoms with E-state index >= 15 is 0 Å². The maximum absolute atomic E-state index is 5.87. The maximum Gasteiger partial charge on any atom is 0.101 e. The third-order valence-corrected chi connectivity index (χ3v) is 4.14. The van der Waals surface area contributed by atoms with Crippen LogP contribution in [0, 0.1) is 6.92 Å². The van der Waals surface area contributed by atoms with Crippen LogP contribution in [0.3, 0.4) is 0 Å². The normalized spacial score (nSPS) is 24.4. The highest BCUT2D eigenvalue weighted by atomic mass is 32.1. The van der Waals surface area contributed by atoms with Crippen molar-refractivity contribution in [1.82, 2.24) is 4.98 Å². The highest BCUT2D eigenvalue weighted by Crippen LogP contribution is 2.33. The molecule has 82 valence electrons. The van der Waals surface area contributed by atoms with Gasteiger partial charge < -0.3 is 5.73 Å². The lowest BCUT2D eigenvalue weighted by atomic mass is 10.1. The zero-order valence-corrected chi connectivity index (χ0v) is 10.00. The highest BCUT2D eigenvalue weighted by molar-refractivity contribution is 7.18. The molecule has 0 amide bonds. The Morgan fingerprint density at radius 3 is 3.00 bits per heavy atom. The van der Waals surface area contributed by atoms with Crippen LogP contribution in [0.2, 0.25) is 0 Å². The number of thiazole rings is 1. The van der Waals surface area contributed by atoms with Crippen LogP contribution in [0.4, 0.5) is 0 Å². The van der Waals surface area contributed by atoms with Crippen molar-refractivity contribution in [3.63, 3.8) is 0 Å². The summed E-state index contributed by atoms with van der Waals surface area (Å²) in [5.74, 6) is 0.424. The molecule has 1 aromatic heterocycles. The van der Waals surface area contributed by atoms with Gasteiger partial charge in [-0.05, 0) is 31.0 Å². The van der Waals surface area contributed by atoms with Gasteiger partial charge >= 0.3 is 0 Å². The molecule has 0 radical (unpaired) electrons. The van der Waals surface area contributed by atoms with Gasteiger partial charge in [-0.15, -0.1) is 11.3 Å². The third kappa shape index (κ3) is 1.66. The van der Waals surface area contributed by atoms with Crippen molar-refractivity contribution >= 4 is 21.6 Å². The Kier molecular flexibility index (Phi) is 2.30. The summed E-state index contributed by atoms with van der Waals surface area (Å²) in [6.07, 6.45) is 5.27. The van der Waals surface area contributed by atoms with Crippen LogP contribution in [0.5, 0.6) is 0 Å². The summed E-state index contributed by atoms with van der Waals surface area (Å²) < 4.78 is 1.28. The highest BCUT2D eigenvalue weighted by Gasteiger charge is 2.20. The number of benzene rings is 1. The first-order valence-electron chi connectivity index (χ1n) is 5.53. The molecular formula is C13H14N2S. The molecular weight excluding hydrogens is 216 g/mol. The number of aromatic nitrogens is 1. The van der Waals surface area contributed by atoms with E-state index in [1.807, 2.05) is 0 Å². The Balaban J connectivity index is 2.02. The van der Waals surface area contributed by atoms with Gasteiger partial charge in [-0.25, -0.2) is 4.98 Å². The number of nitrogens with two attached hydrogens (primary N) is 1. The number of fused-ring (bicyclic) bond motifs is 1. The zero-order valence-electron chi connectivity index (χ0n) is 9.18. The lowest BCUT2D eigenvalue weighted by Gasteiger charge is -2.03. The summed E-state index contributed by atoms with van der Waals surface area (Å²) in [6.45, 7) is 2.12. The summed E-state index contributed by atoms with van der Waals surface area (Å²) in [4.78, 5) is 4.68. The second-order valence-corrected chi connectivity index (χ2v) is 5.48. The summed E-state index contributed by atoms with van der Waals surface area (Å²) in [7, 11) is 0. The second kappa shape index (κ2) is 3.68. The van der Waals surface area contributed by atoms with E-state index in [-0.39, 0.29) is 6.04 Å². The first kappa shape index (κ1) is 10.00. The number of nitrogens with zero attached hydrogens (tertiary/aromatic N) is 1. The van der Waals surface area contributed by atoms with Crippen molar-refractivity contribution in [2.75, 3.05) is 0 Å². The third-order valence-electron chi connectivity index (χ3n) is 2.99. The molecule has 0 saturated heterocycles. The monoisotopic (exact) mass is 230 g/mol. The quantitative estimate of drug-likeness (QED) is 0.765. The van der Waals surface area contributed by atoms with Crippen molar-refractivity contribution in [3.8, 4) is 0 Å². The van der Waals surface area contributed by atoms with Gasteiger partial charge in [-0.2, -0.15) is 0 Å². The van der Waals surface area contributed by atoms with Gasteiger partial charge in [0.2, 0.25) is 0 Å². The van der Waals surface area contributed by atoms with Gasteiger partial charge in [0.05, 0.1) is 10.2 Å². The minimum absolute atomic E-state index is 0.207. The molecule has 2 nitrogen and oxygen atoms in total. The van der Waals surface area contributed by atoms with E-state index in [1.54, 1.807) is 11.3 Å². The van der Waals surface area contributed by atoms with Crippen molar-refractivity contribution < 1.29 is 0 Å². The van der Waals surface area contributed by atoms with Crippen LogP contribution in [0.15, 0.2) is 30.4 Å².